The fraction of sp³-hybridized carbons (Fsp3) is 0.409. The van der Waals surface area contributed by atoms with E-state index in [1.165, 1.54) is 15.6 Å². The molecule has 1 aromatic carbocycles. The van der Waals surface area contributed by atoms with Crippen molar-refractivity contribution >= 4 is 33.3 Å². The van der Waals surface area contributed by atoms with Crippen LogP contribution < -0.4 is 10.2 Å². The Bertz CT molecular complexity index is 1010. The summed E-state index contributed by atoms with van der Waals surface area (Å²) in [5.74, 6) is 1.13. The maximum atomic E-state index is 12.9. The van der Waals surface area contributed by atoms with Crippen LogP contribution >= 0.6 is 11.3 Å². The van der Waals surface area contributed by atoms with Crippen molar-refractivity contribution in [2.24, 2.45) is 0 Å². The monoisotopic (exact) mass is 394 g/mol. The smallest absolute Gasteiger partial charge is 0.261 e. The molecule has 146 valence electrons. The van der Waals surface area contributed by atoms with Crippen LogP contribution in [0.3, 0.4) is 0 Å². The van der Waals surface area contributed by atoms with Crippen LogP contribution in [-0.2, 0) is 0 Å². The highest BCUT2D eigenvalue weighted by atomic mass is 32.1. The molecule has 28 heavy (non-hydrogen) atoms. The number of hydrogen-bond acceptors (Lipinski definition) is 5. The summed E-state index contributed by atoms with van der Waals surface area (Å²) in [6.45, 7) is 9.76. The lowest BCUT2D eigenvalue weighted by Crippen LogP contribution is -2.30. The van der Waals surface area contributed by atoms with Gasteiger partial charge < -0.3 is 10.2 Å². The number of hydrogen-bond donors (Lipinski definition) is 1. The number of aromatic nitrogens is 2. The minimum absolute atomic E-state index is 0.0345. The minimum atomic E-state index is 0.0345. The summed E-state index contributed by atoms with van der Waals surface area (Å²) >= 11 is 1.60. The maximum Gasteiger partial charge on any atom is 0.261 e. The quantitative estimate of drug-likeness (QED) is 0.711. The molecule has 0 bridgehead atoms. The summed E-state index contributed by atoms with van der Waals surface area (Å²) in [5, 5.41) is 4.28. The highest BCUT2D eigenvalue weighted by Crippen LogP contribution is 2.40. The van der Waals surface area contributed by atoms with Gasteiger partial charge in [-0.15, -0.1) is 11.3 Å². The fourth-order valence-electron chi connectivity index (χ4n) is 3.99. The molecule has 1 fully saturated rings. The zero-order valence-electron chi connectivity index (χ0n) is 16.8. The summed E-state index contributed by atoms with van der Waals surface area (Å²) in [7, 11) is 0. The molecule has 4 rings (SSSR count). The molecule has 1 aliphatic heterocycles. The van der Waals surface area contributed by atoms with Crippen LogP contribution in [0.4, 0.5) is 5.95 Å². The number of nitrogens with one attached hydrogen (secondary N) is 1. The van der Waals surface area contributed by atoms with Crippen molar-refractivity contribution in [3.8, 4) is 0 Å². The molecular formula is C22H26N4OS. The predicted octanol–water partition coefficient (Wildman–Crippen LogP) is 4.44. The Balaban J connectivity index is 1.70. The first-order valence-electron chi connectivity index (χ1n) is 9.82. The second kappa shape index (κ2) is 7.51. The first-order chi connectivity index (χ1) is 13.4. The van der Waals surface area contributed by atoms with E-state index in [9.17, 15) is 4.79 Å². The van der Waals surface area contributed by atoms with Gasteiger partial charge in [-0.3, -0.25) is 4.79 Å². The lowest BCUT2D eigenvalue weighted by atomic mass is 9.95. The van der Waals surface area contributed by atoms with E-state index in [0.717, 1.165) is 41.7 Å². The first-order valence-corrected chi connectivity index (χ1v) is 10.6. The number of aryl methyl sites for hydroxylation is 2. The van der Waals surface area contributed by atoms with Crippen LogP contribution in [0.25, 0.3) is 10.1 Å². The van der Waals surface area contributed by atoms with Gasteiger partial charge in [-0.25, -0.2) is 9.97 Å². The maximum absolute atomic E-state index is 12.9. The van der Waals surface area contributed by atoms with Gasteiger partial charge in [-0.1, -0.05) is 18.2 Å². The SMILES string of the molecule is Cc1cc(C)nc(N2CCC(c3c(C(=O)NC(C)C)sc4ccccc34)C2)n1. The third-order valence-electron chi connectivity index (χ3n) is 5.11. The van der Waals surface area contributed by atoms with Gasteiger partial charge in [0.1, 0.15) is 0 Å². The van der Waals surface area contributed by atoms with E-state index in [1.54, 1.807) is 11.3 Å². The van der Waals surface area contributed by atoms with Crippen molar-refractivity contribution in [2.75, 3.05) is 18.0 Å². The standard InChI is InChI=1S/C22H26N4OS/c1-13(2)23-21(27)20-19(17-7-5-6-8-18(17)28-20)16-9-10-26(12-16)22-24-14(3)11-15(4)25-22/h5-8,11,13,16H,9-10,12H2,1-4H3,(H,23,27). The molecule has 0 radical (unpaired) electrons. The van der Waals surface area contributed by atoms with Crippen LogP contribution in [0.2, 0.25) is 0 Å². The number of anilines is 1. The first kappa shape index (κ1) is 18.9. The summed E-state index contributed by atoms with van der Waals surface area (Å²) in [6.07, 6.45) is 0.999. The average Bonchev–Trinajstić information content (AvgIpc) is 3.24. The van der Waals surface area contributed by atoms with Crippen molar-refractivity contribution in [3.05, 3.63) is 52.2 Å². The molecule has 0 spiro atoms. The number of thiophene rings is 1. The van der Waals surface area contributed by atoms with Crippen LogP contribution in [0, 0.1) is 13.8 Å². The second-order valence-electron chi connectivity index (χ2n) is 7.85. The molecule has 3 heterocycles. The van der Waals surface area contributed by atoms with Gasteiger partial charge in [0.25, 0.3) is 5.91 Å². The second-order valence-corrected chi connectivity index (χ2v) is 8.90. The van der Waals surface area contributed by atoms with Gasteiger partial charge in [0.2, 0.25) is 5.95 Å². The Kier molecular flexibility index (Phi) is 5.06. The van der Waals surface area contributed by atoms with E-state index < -0.39 is 0 Å². The zero-order valence-corrected chi connectivity index (χ0v) is 17.6. The molecule has 2 aromatic heterocycles. The molecule has 1 N–H and O–H groups in total. The number of fused-ring (bicyclic) bond motifs is 1. The Morgan fingerprint density at radius 3 is 2.64 bits per heavy atom. The minimum Gasteiger partial charge on any atom is -0.349 e. The highest BCUT2D eigenvalue weighted by molar-refractivity contribution is 7.21. The van der Waals surface area contributed by atoms with Crippen molar-refractivity contribution in [1.82, 2.24) is 15.3 Å². The van der Waals surface area contributed by atoms with Crippen molar-refractivity contribution in [3.63, 3.8) is 0 Å². The summed E-state index contributed by atoms with van der Waals surface area (Å²) in [5.41, 5.74) is 3.17. The Labute approximate surface area is 169 Å². The van der Waals surface area contributed by atoms with Crippen molar-refractivity contribution in [2.45, 2.75) is 46.1 Å². The molecule has 5 nitrogen and oxygen atoms in total. The highest BCUT2D eigenvalue weighted by Gasteiger charge is 2.31. The molecule has 0 saturated carbocycles. The number of benzene rings is 1. The fourth-order valence-corrected chi connectivity index (χ4v) is 5.19. The number of nitrogens with zero attached hydrogens (tertiary/aromatic N) is 3. The largest absolute Gasteiger partial charge is 0.349 e. The van der Waals surface area contributed by atoms with Crippen molar-refractivity contribution < 1.29 is 4.79 Å². The Morgan fingerprint density at radius 1 is 1.21 bits per heavy atom. The van der Waals surface area contributed by atoms with E-state index in [-0.39, 0.29) is 11.9 Å². The number of rotatable bonds is 4. The number of amides is 1. The van der Waals surface area contributed by atoms with Gasteiger partial charge >= 0.3 is 0 Å². The Morgan fingerprint density at radius 2 is 1.93 bits per heavy atom. The van der Waals surface area contributed by atoms with E-state index in [4.69, 9.17) is 0 Å². The van der Waals surface area contributed by atoms with Gasteiger partial charge in [-0.2, -0.15) is 0 Å². The summed E-state index contributed by atoms with van der Waals surface area (Å²) in [6, 6.07) is 10.5. The van der Waals surface area contributed by atoms with E-state index in [0.29, 0.717) is 5.92 Å². The number of carbonyl (C=O) groups is 1. The molecule has 1 saturated heterocycles. The van der Waals surface area contributed by atoms with Crippen LogP contribution in [-0.4, -0.2) is 35.0 Å². The van der Waals surface area contributed by atoms with Gasteiger partial charge in [0.05, 0.1) is 4.88 Å². The molecular weight excluding hydrogens is 368 g/mol. The van der Waals surface area contributed by atoms with Gasteiger partial charge in [-0.05, 0) is 57.2 Å². The van der Waals surface area contributed by atoms with Crippen LogP contribution in [0.1, 0.15) is 52.8 Å². The molecule has 1 amide bonds. The third-order valence-corrected chi connectivity index (χ3v) is 6.30. The topological polar surface area (TPSA) is 58.1 Å². The molecule has 3 aromatic rings. The molecule has 1 atom stereocenters. The van der Waals surface area contributed by atoms with Gasteiger partial charge in [0.15, 0.2) is 0 Å². The zero-order chi connectivity index (χ0) is 19.8. The van der Waals surface area contributed by atoms with Crippen LogP contribution in [0.15, 0.2) is 30.3 Å². The molecule has 6 heteroatoms. The lowest BCUT2D eigenvalue weighted by molar-refractivity contribution is 0.0946. The van der Waals surface area contributed by atoms with E-state index >= 15 is 0 Å². The van der Waals surface area contributed by atoms with Crippen LogP contribution in [0.5, 0.6) is 0 Å². The summed E-state index contributed by atoms with van der Waals surface area (Å²) < 4.78 is 1.17. The Hall–Kier alpha value is -2.47. The van der Waals surface area contributed by atoms with Gasteiger partial charge in [0, 0.05) is 41.1 Å². The number of carbonyl (C=O) groups excluding carboxylic acids is 1. The lowest BCUT2D eigenvalue weighted by Gasteiger charge is -2.18. The average molecular weight is 395 g/mol. The van der Waals surface area contributed by atoms with E-state index in [2.05, 4.69) is 38.4 Å². The summed E-state index contributed by atoms with van der Waals surface area (Å²) in [4.78, 5) is 25.3. The normalized spacial score (nSPS) is 16.9. The van der Waals surface area contributed by atoms with E-state index in [1.807, 2.05) is 39.8 Å². The van der Waals surface area contributed by atoms with Crippen molar-refractivity contribution in [1.29, 1.82) is 0 Å². The molecule has 1 unspecified atom stereocenters. The molecule has 1 aliphatic rings. The molecule has 0 aliphatic carbocycles. The third kappa shape index (κ3) is 3.61. The predicted molar refractivity (Wildman–Crippen MR) is 116 cm³/mol.